The second kappa shape index (κ2) is 5.71. The van der Waals surface area contributed by atoms with Crippen molar-refractivity contribution in [1.82, 2.24) is 5.32 Å². The summed E-state index contributed by atoms with van der Waals surface area (Å²) in [4.78, 5) is 1.34. The zero-order chi connectivity index (χ0) is 11.4. The number of aryl methyl sites for hydroxylation is 1. The van der Waals surface area contributed by atoms with Crippen LogP contribution in [0.15, 0.2) is 29.2 Å². The minimum Gasteiger partial charge on any atom is -0.380 e. The van der Waals surface area contributed by atoms with Crippen molar-refractivity contribution in [3.05, 3.63) is 29.8 Å². The fourth-order valence-corrected chi connectivity index (χ4v) is 3.38. The van der Waals surface area contributed by atoms with Crippen molar-refractivity contribution in [3.63, 3.8) is 0 Å². The zero-order valence-electron chi connectivity index (χ0n) is 9.90. The maximum absolute atomic E-state index is 5.56. The molecule has 0 saturated carbocycles. The molecule has 0 aromatic heterocycles. The molecule has 3 heteroatoms. The molecule has 0 aliphatic carbocycles. The molecule has 1 aromatic rings. The Morgan fingerprint density at radius 1 is 1.44 bits per heavy atom. The van der Waals surface area contributed by atoms with E-state index in [0.717, 1.165) is 19.6 Å². The Labute approximate surface area is 102 Å². The molecule has 2 unspecified atom stereocenters. The SMILES string of the molecule is CNC1CCOCC1Sc1cccc(C)c1. The molecule has 1 aromatic carbocycles. The van der Waals surface area contributed by atoms with Gasteiger partial charge in [0.15, 0.2) is 0 Å². The number of ether oxygens (including phenoxy) is 1. The van der Waals surface area contributed by atoms with E-state index in [1.807, 2.05) is 18.8 Å². The number of hydrogen-bond donors (Lipinski definition) is 1. The van der Waals surface area contributed by atoms with Gasteiger partial charge in [-0.05, 0) is 32.5 Å². The molecule has 1 aliphatic heterocycles. The first kappa shape index (κ1) is 12.0. The van der Waals surface area contributed by atoms with Crippen LogP contribution >= 0.6 is 11.8 Å². The lowest BCUT2D eigenvalue weighted by molar-refractivity contribution is 0.0851. The van der Waals surface area contributed by atoms with Gasteiger partial charge in [0.2, 0.25) is 0 Å². The third-order valence-electron chi connectivity index (χ3n) is 2.95. The first-order chi connectivity index (χ1) is 7.79. The number of benzene rings is 1. The Kier molecular flexibility index (Phi) is 4.27. The summed E-state index contributed by atoms with van der Waals surface area (Å²) >= 11 is 1.92. The number of thioether (sulfide) groups is 1. The van der Waals surface area contributed by atoms with Crippen LogP contribution in [-0.4, -0.2) is 31.6 Å². The molecule has 1 fully saturated rings. The van der Waals surface area contributed by atoms with Gasteiger partial charge in [-0.2, -0.15) is 0 Å². The Bertz CT molecular complexity index is 342. The minimum absolute atomic E-state index is 0.528. The van der Waals surface area contributed by atoms with E-state index in [-0.39, 0.29) is 0 Å². The molecule has 2 atom stereocenters. The van der Waals surface area contributed by atoms with Crippen LogP contribution in [0.4, 0.5) is 0 Å². The minimum atomic E-state index is 0.528. The van der Waals surface area contributed by atoms with Crippen LogP contribution in [0.5, 0.6) is 0 Å². The standard InChI is InChI=1S/C13H19NOS/c1-10-4-3-5-11(8-10)16-13-9-15-7-6-12(13)14-2/h3-5,8,12-14H,6-7,9H2,1-2H3. The largest absolute Gasteiger partial charge is 0.380 e. The fourth-order valence-electron chi connectivity index (χ4n) is 2.02. The maximum atomic E-state index is 5.56. The molecule has 88 valence electrons. The summed E-state index contributed by atoms with van der Waals surface area (Å²) in [6, 6.07) is 9.25. The molecule has 1 N–H and O–H groups in total. The summed E-state index contributed by atoms with van der Waals surface area (Å²) in [5.41, 5.74) is 1.32. The van der Waals surface area contributed by atoms with E-state index in [0.29, 0.717) is 11.3 Å². The van der Waals surface area contributed by atoms with E-state index < -0.39 is 0 Å². The molecule has 16 heavy (non-hydrogen) atoms. The Morgan fingerprint density at radius 3 is 3.06 bits per heavy atom. The van der Waals surface area contributed by atoms with Crippen LogP contribution in [0.25, 0.3) is 0 Å². The average molecular weight is 237 g/mol. The van der Waals surface area contributed by atoms with E-state index in [9.17, 15) is 0 Å². The van der Waals surface area contributed by atoms with Gasteiger partial charge in [0.1, 0.15) is 0 Å². The molecular formula is C13H19NOS. The van der Waals surface area contributed by atoms with Gasteiger partial charge in [-0.25, -0.2) is 0 Å². The van der Waals surface area contributed by atoms with Gasteiger partial charge in [0, 0.05) is 22.8 Å². The zero-order valence-corrected chi connectivity index (χ0v) is 10.7. The van der Waals surface area contributed by atoms with Gasteiger partial charge in [0.25, 0.3) is 0 Å². The molecule has 2 nitrogen and oxygen atoms in total. The molecule has 1 heterocycles. The van der Waals surface area contributed by atoms with Gasteiger partial charge < -0.3 is 10.1 Å². The summed E-state index contributed by atoms with van der Waals surface area (Å²) in [5.74, 6) is 0. The Hall–Kier alpha value is -0.510. The lowest BCUT2D eigenvalue weighted by Crippen LogP contribution is -2.43. The summed E-state index contributed by atoms with van der Waals surface area (Å²) in [5, 5.41) is 3.92. The smallest absolute Gasteiger partial charge is 0.0603 e. The quantitative estimate of drug-likeness (QED) is 0.872. The van der Waals surface area contributed by atoms with Gasteiger partial charge in [-0.3, -0.25) is 0 Å². The molecule has 0 spiro atoms. The van der Waals surface area contributed by atoms with Crippen LogP contribution in [0, 0.1) is 6.92 Å². The van der Waals surface area contributed by atoms with Crippen LogP contribution in [0.3, 0.4) is 0 Å². The molecule has 0 radical (unpaired) electrons. The van der Waals surface area contributed by atoms with E-state index in [1.54, 1.807) is 0 Å². The van der Waals surface area contributed by atoms with E-state index in [2.05, 4.69) is 36.5 Å². The third-order valence-corrected chi connectivity index (χ3v) is 4.25. The van der Waals surface area contributed by atoms with Crippen molar-refractivity contribution in [2.24, 2.45) is 0 Å². The topological polar surface area (TPSA) is 21.3 Å². The molecule has 2 rings (SSSR count). The lowest BCUT2D eigenvalue weighted by atomic mass is 10.1. The van der Waals surface area contributed by atoms with Crippen molar-refractivity contribution in [1.29, 1.82) is 0 Å². The third kappa shape index (κ3) is 3.00. The van der Waals surface area contributed by atoms with Gasteiger partial charge in [0.05, 0.1) is 6.61 Å². The Balaban J connectivity index is 2.02. The van der Waals surface area contributed by atoms with Crippen molar-refractivity contribution < 1.29 is 4.74 Å². The van der Waals surface area contributed by atoms with Crippen LogP contribution in [-0.2, 0) is 4.74 Å². The van der Waals surface area contributed by atoms with Crippen molar-refractivity contribution in [3.8, 4) is 0 Å². The molecule has 1 saturated heterocycles. The summed E-state index contributed by atoms with van der Waals surface area (Å²) in [6.45, 7) is 3.87. The van der Waals surface area contributed by atoms with E-state index in [4.69, 9.17) is 4.74 Å². The summed E-state index contributed by atoms with van der Waals surface area (Å²) in [7, 11) is 2.04. The van der Waals surface area contributed by atoms with Crippen molar-refractivity contribution in [2.75, 3.05) is 20.3 Å². The molecular weight excluding hydrogens is 218 g/mol. The molecule has 1 aliphatic rings. The predicted molar refractivity (Wildman–Crippen MR) is 69.1 cm³/mol. The highest BCUT2D eigenvalue weighted by atomic mass is 32.2. The van der Waals surface area contributed by atoms with Crippen LogP contribution in [0.2, 0.25) is 0 Å². The lowest BCUT2D eigenvalue weighted by Gasteiger charge is -2.30. The Morgan fingerprint density at radius 2 is 2.31 bits per heavy atom. The van der Waals surface area contributed by atoms with E-state index in [1.165, 1.54) is 10.5 Å². The highest BCUT2D eigenvalue weighted by molar-refractivity contribution is 8.00. The number of rotatable bonds is 3. The normalized spacial score (nSPS) is 25.6. The van der Waals surface area contributed by atoms with Crippen molar-refractivity contribution >= 4 is 11.8 Å². The summed E-state index contributed by atoms with van der Waals surface area (Å²) < 4.78 is 5.56. The number of hydrogen-bond acceptors (Lipinski definition) is 3. The predicted octanol–water partition coefficient (Wildman–Crippen LogP) is 2.46. The molecule has 0 bridgehead atoms. The van der Waals surface area contributed by atoms with Gasteiger partial charge in [-0.1, -0.05) is 17.7 Å². The highest BCUT2D eigenvalue weighted by Crippen LogP contribution is 2.29. The van der Waals surface area contributed by atoms with Crippen LogP contribution < -0.4 is 5.32 Å². The first-order valence-corrected chi connectivity index (χ1v) is 6.66. The highest BCUT2D eigenvalue weighted by Gasteiger charge is 2.25. The van der Waals surface area contributed by atoms with Crippen LogP contribution in [0.1, 0.15) is 12.0 Å². The molecule has 0 amide bonds. The average Bonchev–Trinajstić information content (AvgIpc) is 2.30. The maximum Gasteiger partial charge on any atom is 0.0603 e. The van der Waals surface area contributed by atoms with Gasteiger partial charge >= 0.3 is 0 Å². The van der Waals surface area contributed by atoms with Crippen molar-refractivity contribution in [2.45, 2.75) is 29.5 Å². The number of nitrogens with one attached hydrogen (secondary N) is 1. The second-order valence-corrected chi connectivity index (χ2v) is 5.54. The first-order valence-electron chi connectivity index (χ1n) is 5.78. The van der Waals surface area contributed by atoms with Gasteiger partial charge in [-0.15, -0.1) is 11.8 Å². The van der Waals surface area contributed by atoms with E-state index >= 15 is 0 Å². The second-order valence-electron chi connectivity index (χ2n) is 4.23. The monoisotopic (exact) mass is 237 g/mol. The summed E-state index contributed by atoms with van der Waals surface area (Å²) in [6.07, 6.45) is 1.11. The fraction of sp³-hybridized carbons (Fsp3) is 0.538.